The molecule has 0 bridgehead atoms. The van der Waals surface area contributed by atoms with E-state index in [1.54, 1.807) is 43.3 Å². The van der Waals surface area contributed by atoms with E-state index < -0.39 is 6.03 Å². The lowest BCUT2D eigenvalue weighted by molar-refractivity contribution is 0.103. The summed E-state index contributed by atoms with van der Waals surface area (Å²) in [6.07, 6.45) is 0. The van der Waals surface area contributed by atoms with Crippen LogP contribution in [0.15, 0.2) is 48.5 Å². The molecule has 8 heteroatoms. The first kappa shape index (κ1) is 17.6. The summed E-state index contributed by atoms with van der Waals surface area (Å²) in [6, 6.07) is 11.9. The summed E-state index contributed by atoms with van der Waals surface area (Å²) in [5, 5.41) is 5.87. The van der Waals surface area contributed by atoms with Crippen molar-refractivity contribution in [2.45, 2.75) is 6.92 Å². The predicted octanol–water partition coefficient (Wildman–Crippen LogP) is 4.00. The molecule has 0 aliphatic rings. The van der Waals surface area contributed by atoms with Crippen LogP contribution in [0.1, 0.15) is 15.4 Å². The van der Waals surface area contributed by atoms with E-state index in [1.807, 2.05) is 0 Å². The number of rotatable bonds is 4. The number of nitrogens with one attached hydrogen (secondary N) is 2. The molecule has 0 aliphatic heterocycles. The highest BCUT2D eigenvalue weighted by Crippen LogP contribution is 2.28. The van der Waals surface area contributed by atoms with E-state index in [1.165, 1.54) is 23.5 Å². The van der Waals surface area contributed by atoms with Crippen LogP contribution in [0.3, 0.4) is 0 Å². The lowest BCUT2D eigenvalue weighted by atomic mass is 10.2. The fraction of sp³-hybridized carbons (Fsp3) is 0.0556. The fourth-order valence-electron chi connectivity index (χ4n) is 2.29. The molecule has 0 unspecified atom stereocenters. The summed E-state index contributed by atoms with van der Waals surface area (Å²) in [5.74, 6) is -0.613. The molecule has 0 radical (unpaired) electrons. The summed E-state index contributed by atoms with van der Waals surface area (Å²) in [4.78, 5) is 28.2. The van der Waals surface area contributed by atoms with E-state index in [9.17, 15) is 14.0 Å². The molecule has 0 atom stereocenters. The minimum Gasteiger partial charge on any atom is -0.351 e. The number of anilines is 2. The molecular formula is C18H15FN4O2S. The van der Waals surface area contributed by atoms with Crippen LogP contribution in [0.25, 0.3) is 10.6 Å². The quantitative estimate of drug-likeness (QED) is 0.647. The minimum atomic E-state index is -0.657. The third-order valence-electron chi connectivity index (χ3n) is 3.50. The number of hydrogen-bond acceptors (Lipinski definition) is 4. The van der Waals surface area contributed by atoms with Crippen LogP contribution in [-0.2, 0) is 0 Å². The van der Waals surface area contributed by atoms with E-state index >= 15 is 0 Å². The number of carbonyl (C=O) groups excluding carboxylic acids is 2. The Balaban J connectivity index is 1.75. The van der Waals surface area contributed by atoms with Crippen molar-refractivity contribution in [3.8, 4) is 10.6 Å². The number of carbonyl (C=O) groups is 2. The van der Waals surface area contributed by atoms with Crippen LogP contribution < -0.4 is 16.4 Å². The average molecular weight is 370 g/mol. The molecule has 3 aromatic rings. The van der Waals surface area contributed by atoms with Crippen molar-refractivity contribution in [3.63, 3.8) is 0 Å². The number of primary amides is 1. The van der Waals surface area contributed by atoms with Crippen molar-refractivity contribution in [2.75, 3.05) is 10.6 Å². The van der Waals surface area contributed by atoms with Crippen molar-refractivity contribution in [2.24, 2.45) is 5.73 Å². The number of benzene rings is 2. The first-order valence-corrected chi connectivity index (χ1v) is 8.45. The van der Waals surface area contributed by atoms with E-state index in [-0.39, 0.29) is 11.7 Å². The number of aromatic nitrogens is 1. The number of halogens is 1. The maximum atomic E-state index is 13.0. The van der Waals surface area contributed by atoms with Gasteiger partial charge in [-0.25, -0.2) is 14.2 Å². The maximum Gasteiger partial charge on any atom is 0.316 e. The highest BCUT2D eigenvalue weighted by Gasteiger charge is 2.16. The SMILES string of the molecule is Cc1nc(-c2ccc(F)cc2)sc1C(=O)Nc1ccc(NC(N)=O)cc1. The normalized spacial score (nSPS) is 10.4. The molecule has 6 nitrogen and oxygen atoms in total. The Kier molecular flexibility index (Phi) is 4.94. The Labute approximate surface area is 152 Å². The first-order chi connectivity index (χ1) is 12.4. The zero-order valence-corrected chi connectivity index (χ0v) is 14.6. The molecule has 0 aliphatic carbocycles. The number of nitrogens with two attached hydrogens (primary N) is 1. The molecule has 26 heavy (non-hydrogen) atoms. The van der Waals surface area contributed by atoms with Crippen molar-refractivity contribution < 1.29 is 14.0 Å². The Hall–Kier alpha value is -3.26. The number of aryl methyl sites for hydroxylation is 1. The van der Waals surface area contributed by atoms with Gasteiger partial charge in [-0.1, -0.05) is 0 Å². The van der Waals surface area contributed by atoms with Crippen molar-refractivity contribution >= 4 is 34.6 Å². The second-order valence-corrected chi connectivity index (χ2v) is 6.46. The molecule has 0 fully saturated rings. The molecule has 4 N–H and O–H groups in total. The first-order valence-electron chi connectivity index (χ1n) is 7.63. The Morgan fingerprint density at radius 2 is 1.58 bits per heavy atom. The van der Waals surface area contributed by atoms with Crippen LogP contribution in [0, 0.1) is 12.7 Å². The van der Waals surface area contributed by atoms with Gasteiger partial charge in [-0.3, -0.25) is 4.79 Å². The number of thiazole rings is 1. The van der Waals surface area contributed by atoms with Crippen molar-refractivity contribution in [1.82, 2.24) is 4.98 Å². The van der Waals surface area contributed by atoms with E-state index in [0.717, 1.165) is 5.56 Å². The van der Waals surface area contributed by atoms with Gasteiger partial charge in [-0.15, -0.1) is 11.3 Å². The highest BCUT2D eigenvalue weighted by atomic mass is 32.1. The number of nitrogens with zero attached hydrogens (tertiary/aromatic N) is 1. The second-order valence-electron chi connectivity index (χ2n) is 5.46. The zero-order chi connectivity index (χ0) is 18.7. The summed E-state index contributed by atoms with van der Waals surface area (Å²) in [7, 11) is 0. The van der Waals surface area contributed by atoms with Gasteiger partial charge in [-0.05, 0) is 55.5 Å². The molecule has 132 valence electrons. The molecule has 0 saturated carbocycles. The van der Waals surface area contributed by atoms with Crippen LogP contribution in [0.4, 0.5) is 20.6 Å². The molecule has 3 amide bonds. The van der Waals surface area contributed by atoms with Crippen molar-refractivity contribution in [3.05, 3.63) is 64.9 Å². The number of amides is 3. The highest BCUT2D eigenvalue weighted by molar-refractivity contribution is 7.17. The largest absolute Gasteiger partial charge is 0.351 e. The number of urea groups is 1. The van der Waals surface area contributed by atoms with Crippen LogP contribution in [-0.4, -0.2) is 16.9 Å². The molecule has 3 rings (SSSR count). The number of hydrogen-bond donors (Lipinski definition) is 3. The Morgan fingerprint density at radius 3 is 2.15 bits per heavy atom. The standard InChI is InChI=1S/C18H15FN4O2S/c1-10-15(26-17(21-10)11-2-4-12(19)5-3-11)16(24)22-13-6-8-14(9-7-13)23-18(20)25/h2-9H,1H3,(H,22,24)(H3,20,23,25). The third-order valence-corrected chi connectivity index (χ3v) is 4.71. The van der Waals surface area contributed by atoms with Gasteiger partial charge in [-0.2, -0.15) is 0 Å². The Bertz CT molecular complexity index is 952. The second kappa shape index (κ2) is 7.32. The Morgan fingerprint density at radius 1 is 1.00 bits per heavy atom. The summed E-state index contributed by atoms with van der Waals surface area (Å²) in [6.45, 7) is 1.75. The monoisotopic (exact) mass is 370 g/mol. The maximum absolute atomic E-state index is 13.0. The van der Waals surface area contributed by atoms with Crippen LogP contribution in [0.2, 0.25) is 0 Å². The smallest absolute Gasteiger partial charge is 0.316 e. The third kappa shape index (κ3) is 4.04. The minimum absolute atomic E-state index is 0.288. The summed E-state index contributed by atoms with van der Waals surface area (Å²) < 4.78 is 13.0. The molecule has 1 aromatic heterocycles. The van der Waals surface area contributed by atoms with E-state index in [2.05, 4.69) is 15.6 Å². The topological polar surface area (TPSA) is 97.1 Å². The van der Waals surface area contributed by atoms with Gasteiger partial charge in [0, 0.05) is 16.9 Å². The summed E-state index contributed by atoms with van der Waals surface area (Å²) in [5.41, 5.74) is 7.50. The fourth-order valence-corrected chi connectivity index (χ4v) is 3.26. The predicted molar refractivity (Wildman–Crippen MR) is 99.8 cm³/mol. The van der Waals surface area contributed by atoms with Gasteiger partial charge in [0.25, 0.3) is 5.91 Å². The van der Waals surface area contributed by atoms with Gasteiger partial charge < -0.3 is 16.4 Å². The lowest BCUT2D eigenvalue weighted by Gasteiger charge is -2.06. The molecule has 2 aromatic carbocycles. The average Bonchev–Trinajstić information content (AvgIpc) is 2.99. The molecular weight excluding hydrogens is 355 g/mol. The molecule has 0 spiro atoms. The van der Waals surface area contributed by atoms with Gasteiger partial charge in [0.1, 0.15) is 15.7 Å². The molecule has 0 saturated heterocycles. The van der Waals surface area contributed by atoms with E-state index in [4.69, 9.17) is 5.73 Å². The lowest BCUT2D eigenvalue weighted by Crippen LogP contribution is -2.19. The van der Waals surface area contributed by atoms with Gasteiger partial charge >= 0.3 is 6.03 Å². The zero-order valence-electron chi connectivity index (χ0n) is 13.7. The summed E-state index contributed by atoms with van der Waals surface area (Å²) >= 11 is 1.24. The van der Waals surface area contributed by atoms with Gasteiger partial charge in [0.2, 0.25) is 0 Å². The van der Waals surface area contributed by atoms with Gasteiger partial charge in [0.05, 0.1) is 5.69 Å². The molecule has 1 heterocycles. The van der Waals surface area contributed by atoms with Crippen LogP contribution >= 0.6 is 11.3 Å². The van der Waals surface area contributed by atoms with Crippen molar-refractivity contribution in [1.29, 1.82) is 0 Å². The van der Waals surface area contributed by atoms with Crippen LogP contribution in [0.5, 0.6) is 0 Å². The van der Waals surface area contributed by atoms with E-state index in [0.29, 0.717) is 27.0 Å². The van der Waals surface area contributed by atoms with Gasteiger partial charge in [0.15, 0.2) is 0 Å².